The van der Waals surface area contributed by atoms with Gasteiger partial charge in [-0.25, -0.2) is 0 Å². The molecule has 0 atom stereocenters. The van der Waals surface area contributed by atoms with E-state index in [-0.39, 0.29) is 0 Å². The van der Waals surface area contributed by atoms with Crippen LogP contribution in [0, 0.1) is 0 Å². The minimum atomic E-state index is 0.733. The van der Waals surface area contributed by atoms with Crippen molar-refractivity contribution in [3.8, 4) is 11.3 Å². The van der Waals surface area contributed by atoms with Crippen molar-refractivity contribution in [3.63, 3.8) is 0 Å². The van der Waals surface area contributed by atoms with Gasteiger partial charge in [-0.2, -0.15) is 0 Å². The van der Waals surface area contributed by atoms with E-state index in [4.69, 9.17) is 17.3 Å². The van der Waals surface area contributed by atoms with Crippen molar-refractivity contribution < 1.29 is 0 Å². The van der Waals surface area contributed by atoms with E-state index < -0.39 is 0 Å². The van der Waals surface area contributed by atoms with Crippen LogP contribution in [0.25, 0.3) is 22.2 Å². The number of unbranched alkanes of at least 4 members (excludes halogenated alkanes) is 1. The zero-order chi connectivity index (χ0) is 15.5. The summed E-state index contributed by atoms with van der Waals surface area (Å²) < 4.78 is 1.08. The van der Waals surface area contributed by atoms with Crippen LogP contribution in [0.5, 0.6) is 0 Å². The molecule has 1 heterocycles. The topological polar surface area (TPSA) is 41.8 Å². The summed E-state index contributed by atoms with van der Waals surface area (Å²) in [4.78, 5) is 3.55. The number of benzene rings is 2. The van der Waals surface area contributed by atoms with Crippen LogP contribution in [-0.4, -0.2) is 11.5 Å². The molecule has 0 fully saturated rings. The summed E-state index contributed by atoms with van der Waals surface area (Å²) in [6, 6.07) is 14.4. The number of rotatable bonds is 5. The lowest BCUT2D eigenvalue weighted by molar-refractivity contribution is 0.748. The van der Waals surface area contributed by atoms with Crippen molar-refractivity contribution in [1.29, 1.82) is 0 Å². The third kappa shape index (κ3) is 3.22. The van der Waals surface area contributed by atoms with Gasteiger partial charge < -0.3 is 10.7 Å². The van der Waals surface area contributed by atoms with Crippen LogP contribution in [0.4, 0.5) is 0 Å². The molecule has 3 rings (SSSR count). The summed E-state index contributed by atoms with van der Waals surface area (Å²) in [5, 5.41) is 1.98. The second-order valence-electron chi connectivity index (χ2n) is 5.42. The first kappa shape index (κ1) is 15.6. The Kier molecular flexibility index (Phi) is 4.87. The molecule has 4 heteroatoms. The Morgan fingerprint density at radius 3 is 2.55 bits per heavy atom. The highest BCUT2D eigenvalue weighted by atomic mass is 79.9. The second-order valence-corrected chi connectivity index (χ2v) is 6.77. The lowest BCUT2D eigenvalue weighted by Gasteiger charge is -2.05. The fourth-order valence-electron chi connectivity index (χ4n) is 2.79. The molecule has 3 aromatic rings. The number of hydrogen-bond acceptors (Lipinski definition) is 1. The molecule has 0 aliphatic rings. The number of aryl methyl sites for hydroxylation is 1. The lowest BCUT2D eigenvalue weighted by Crippen LogP contribution is -1.99. The molecular formula is C18H18BrClN2. The molecule has 0 spiro atoms. The summed E-state index contributed by atoms with van der Waals surface area (Å²) >= 11 is 9.68. The summed E-state index contributed by atoms with van der Waals surface area (Å²) in [5.41, 5.74) is 10.5. The van der Waals surface area contributed by atoms with Gasteiger partial charge in [0.25, 0.3) is 0 Å². The predicted molar refractivity (Wildman–Crippen MR) is 98.4 cm³/mol. The Bertz CT molecular complexity index is 778. The maximum absolute atomic E-state index is 6.19. The van der Waals surface area contributed by atoms with Crippen molar-refractivity contribution >= 4 is 38.4 Å². The third-order valence-corrected chi connectivity index (χ3v) is 4.65. The number of nitrogens with two attached hydrogens (primary N) is 1. The average molecular weight is 378 g/mol. The molecule has 2 aromatic carbocycles. The highest BCUT2D eigenvalue weighted by Crippen LogP contribution is 2.33. The number of nitrogens with one attached hydrogen (secondary N) is 1. The monoisotopic (exact) mass is 376 g/mol. The minimum absolute atomic E-state index is 0.733. The molecule has 0 aliphatic carbocycles. The molecule has 22 heavy (non-hydrogen) atoms. The van der Waals surface area contributed by atoms with Gasteiger partial charge in [-0.05, 0) is 67.3 Å². The zero-order valence-electron chi connectivity index (χ0n) is 12.2. The van der Waals surface area contributed by atoms with Gasteiger partial charge in [-0.1, -0.05) is 39.7 Å². The average Bonchev–Trinajstić information content (AvgIpc) is 2.86. The van der Waals surface area contributed by atoms with Gasteiger partial charge in [0.1, 0.15) is 0 Å². The number of hydrogen-bond donors (Lipinski definition) is 2. The van der Waals surface area contributed by atoms with Crippen LogP contribution in [0.3, 0.4) is 0 Å². The van der Waals surface area contributed by atoms with E-state index in [0.717, 1.165) is 40.8 Å². The molecule has 0 radical (unpaired) electrons. The van der Waals surface area contributed by atoms with Gasteiger partial charge in [0, 0.05) is 26.1 Å². The number of fused-ring (bicyclic) bond motifs is 1. The summed E-state index contributed by atoms with van der Waals surface area (Å²) in [7, 11) is 0. The van der Waals surface area contributed by atoms with Crippen molar-refractivity contribution in [3.05, 3.63) is 57.5 Å². The van der Waals surface area contributed by atoms with E-state index in [0.29, 0.717) is 0 Å². The Balaban J connectivity index is 2.10. The standard InChI is InChI=1S/C18H18BrClN2/c19-13-6-4-12(5-7-13)18-15(3-1-2-10-21)16-11-14(20)8-9-17(16)22-18/h4-9,11,22H,1-3,10,21H2. The number of aromatic nitrogens is 1. The van der Waals surface area contributed by atoms with E-state index in [1.165, 1.54) is 22.2 Å². The van der Waals surface area contributed by atoms with Crippen molar-refractivity contribution in [2.45, 2.75) is 19.3 Å². The quantitative estimate of drug-likeness (QED) is 0.564. The van der Waals surface area contributed by atoms with Crippen LogP contribution in [0.15, 0.2) is 46.9 Å². The Morgan fingerprint density at radius 2 is 1.82 bits per heavy atom. The van der Waals surface area contributed by atoms with Gasteiger partial charge in [-0.15, -0.1) is 0 Å². The van der Waals surface area contributed by atoms with Crippen LogP contribution in [0.2, 0.25) is 5.02 Å². The number of aromatic amines is 1. The smallest absolute Gasteiger partial charge is 0.0497 e. The fraction of sp³-hybridized carbons (Fsp3) is 0.222. The molecule has 1 aromatic heterocycles. The first-order chi connectivity index (χ1) is 10.7. The normalized spacial score (nSPS) is 11.2. The van der Waals surface area contributed by atoms with Crippen LogP contribution < -0.4 is 5.73 Å². The highest BCUT2D eigenvalue weighted by molar-refractivity contribution is 9.10. The molecular weight excluding hydrogens is 360 g/mol. The fourth-order valence-corrected chi connectivity index (χ4v) is 3.23. The maximum Gasteiger partial charge on any atom is 0.0497 e. The summed E-state index contributed by atoms with van der Waals surface area (Å²) in [6.45, 7) is 0.733. The van der Waals surface area contributed by atoms with Gasteiger partial charge in [0.15, 0.2) is 0 Å². The third-order valence-electron chi connectivity index (χ3n) is 3.88. The first-order valence-electron chi connectivity index (χ1n) is 7.45. The van der Waals surface area contributed by atoms with E-state index in [2.05, 4.69) is 45.2 Å². The minimum Gasteiger partial charge on any atom is -0.354 e. The molecule has 0 unspecified atom stereocenters. The molecule has 0 saturated carbocycles. The van der Waals surface area contributed by atoms with Crippen molar-refractivity contribution in [1.82, 2.24) is 4.98 Å². The number of H-pyrrole nitrogens is 1. The highest BCUT2D eigenvalue weighted by Gasteiger charge is 2.13. The zero-order valence-corrected chi connectivity index (χ0v) is 14.5. The van der Waals surface area contributed by atoms with Crippen LogP contribution in [-0.2, 0) is 6.42 Å². The second kappa shape index (κ2) is 6.86. The Labute approximate surface area is 143 Å². The molecule has 0 saturated heterocycles. The Hall–Kier alpha value is -1.29. The maximum atomic E-state index is 6.19. The predicted octanol–water partition coefficient (Wildman–Crippen LogP) is 5.53. The lowest BCUT2D eigenvalue weighted by atomic mass is 10.0. The van der Waals surface area contributed by atoms with Gasteiger partial charge >= 0.3 is 0 Å². The largest absolute Gasteiger partial charge is 0.354 e. The van der Waals surface area contributed by atoms with Gasteiger partial charge in [0.05, 0.1) is 0 Å². The van der Waals surface area contributed by atoms with Crippen LogP contribution in [0.1, 0.15) is 18.4 Å². The van der Waals surface area contributed by atoms with Gasteiger partial charge in [0.2, 0.25) is 0 Å². The van der Waals surface area contributed by atoms with E-state index in [1.54, 1.807) is 0 Å². The molecule has 2 nitrogen and oxygen atoms in total. The SMILES string of the molecule is NCCCCc1c(-c2ccc(Br)cc2)[nH]c2ccc(Cl)cc12. The van der Waals surface area contributed by atoms with E-state index in [9.17, 15) is 0 Å². The summed E-state index contributed by atoms with van der Waals surface area (Å²) in [6.07, 6.45) is 3.12. The summed E-state index contributed by atoms with van der Waals surface area (Å²) in [5.74, 6) is 0. The molecule has 3 N–H and O–H groups in total. The van der Waals surface area contributed by atoms with E-state index in [1.807, 2.05) is 18.2 Å². The molecule has 0 amide bonds. The van der Waals surface area contributed by atoms with Crippen molar-refractivity contribution in [2.24, 2.45) is 5.73 Å². The van der Waals surface area contributed by atoms with Crippen LogP contribution >= 0.6 is 27.5 Å². The molecule has 0 bridgehead atoms. The molecule has 0 aliphatic heterocycles. The molecule has 114 valence electrons. The van der Waals surface area contributed by atoms with Gasteiger partial charge in [-0.3, -0.25) is 0 Å². The van der Waals surface area contributed by atoms with Crippen molar-refractivity contribution in [2.75, 3.05) is 6.54 Å². The Morgan fingerprint density at radius 1 is 1.05 bits per heavy atom. The first-order valence-corrected chi connectivity index (χ1v) is 8.62. The number of halogens is 2. The van der Waals surface area contributed by atoms with E-state index >= 15 is 0 Å².